The summed E-state index contributed by atoms with van der Waals surface area (Å²) in [5.74, 6) is -3.98. The number of anilines is 4. The number of carbonyl (C=O) groups excluding carboxylic acids is 3. The van der Waals surface area contributed by atoms with E-state index in [1.807, 2.05) is 12.1 Å². The van der Waals surface area contributed by atoms with Crippen LogP contribution in [0.25, 0.3) is 0 Å². The third kappa shape index (κ3) is 8.46. The van der Waals surface area contributed by atoms with Crippen LogP contribution in [0.15, 0.2) is 66.7 Å². The summed E-state index contributed by atoms with van der Waals surface area (Å²) in [5.41, 5.74) is 0.591. The third-order valence-electron chi connectivity index (χ3n) is 9.63. The molecule has 18 heteroatoms. The zero-order valence-electron chi connectivity index (χ0n) is 28.4. The lowest BCUT2D eigenvalue weighted by molar-refractivity contribution is -0.154. The van der Waals surface area contributed by atoms with Gasteiger partial charge in [0.15, 0.2) is 6.61 Å². The highest BCUT2D eigenvalue weighted by Crippen LogP contribution is 2.48. The monoisotopic (exact) mass is 770 g/mol. The molecule has 2 aliphatic heterocycles. The zero-order chi connectivity index (χ0) is 38.3. The molecule has 1 atom stereocenters. The third-order valence-corrected chi connectivity index (χ3v) is 9.88. The van der Waals surface area contributed by atoms with Crippen molar-refractivity contribution in [1.82, 2.24) is 24.8 Å². The Bertz CT molecular complexity index is 2060. The normalized spacial score (nSPS) is 18.8. The van der Waals surface area contributed by atoms with Crippen LogP contribution < -0.4 is 20.7 Å². The Kier molecular flexibility index (Phi) is 9.76. The second kappa shape index (κ2) is 14.3. The molecule has 3 heterocycles. The fourth-order valence-corrected chi connectivity index (χ4v) is 6.91. The first-order chi connectivity index (χ1) is 25.7. The molecule has 3 amide bonds. The number of benzene rings is 3. The second-order valence-corrected chi connectivity index (χ2v) is 14.1. The molecule has 2 saturated heterocycles. The predicted molar refractivity (Wildman–Crippen MR) is 186 cm³/mol. The summed E-state index contributed by atoms with van der Waals surface area (Å²) in [4.78, 5) is 54.4. The minimum atomic E-state index is -4.62. The molecular formula is C36H32ClF5N8O4. The lowest BCUT2D eigenvalue weighted by atomic mass is 9.86. The topological polar surface area (TPSA) is 142 Å². The van der Waals surface area contributed by atoms with Gasteiger partial charge in [0.1, 0.15) is 11.6 Å². The van der Waals surface area contributed by atoms with Gasteiger partial charge in [-0.3, -0.25) is 14.4 Å². The van der Waals surface area contributed by atoms with Gasteiger partial charge >= 0.3 is 24.0 Å². The van der Waals surface area contributed by atoms with Crippen LogP contribution in [0.5, 0.6) is 6.01 Å². The van der Waals surface area contributed by atoms with Crippen molar-refractivity contribution in [2.24, 2.45) is 5.41 Å². The van der Waals surface area contributed by atoms with E-state index in [2.05, 4.69) is 30.9 Å². The lowest BCUT2D eigenvalue weighted by Crippen LogP contribution is -2.40. The summed E-state index contributed by atoms with van der Waals surface area (Å²) in [7, 11) is 0. The predicted octanol–water partition coefficient (Wildman–Crippen LogP) is 6.29. The number of nitrogens with one attached hydrogen (secondary N) is 3. The molecule has 3 aromatic carbocycles. The molecule has 282 valence electrons. The van der Waals surface area contributed by atoms with E-state index in [1.165, 1.54) is 4.90 Å². The molecule has 54 heavy (non-hydrogen) atoms. The molecule has 1 aliphatic carbocycles. The zero-order valence-corrected chi connectivity index (χ0v) is 29.1. The van der Waals surface area contributed by atoms with E-state index in [1.54, 1.807) is 41.3 Å². The molecule has 0 bridgehead atoms. The smallest absolute Gasteiger partial charge is 0.422 e. The van der Waals surface area contributed by atoms with E-state index in [4.69, 9.17) is 16.3 Å². The average molecular weight is 771 g/mol. The van der Waals surface area contributed by atoms with Crippen molar-refractivity contribution in [2.45, 2.75) is 37.4 Å². The van der Waals surface area contributed by atoms with Gasteiger partial charge in [-0.2, -0.15) is 28.1 Å². The van der Waals surface area contributed by atoms with Crippen molar-refractivity contribution in [1.29, 1.82) is 0 Å². The Labute approximate surface area is 310 Å². The molecule has 3 N–H and O–H groups in total. The minimum absolute atomic E-state index is 0.00154. The Balaban J connectivity index is 0.982. The average Bonchev–Trinajstić information content (AvgIpc) is 3.58. The highest BCUT2D eigenvalue weighted by atomic mass is 35.5. The Morgan fingerprint density at radius 2 is 1.43 bits per heavy atom. The molecule has 3 fully saturated rings. The van der Waals surface area contributed by atoms with Gasteiger partial charge in [-0.1, -0.05) is 23.7 Å². The van der Waals surface area contributed by atoms with Gasteiger partial charge in [-0.15, -0.1) is 0 Å². The summed E-state index contributed by atoms with van der Waals surface area (Å²) in [6.07, 6.45) is -2.00. The SMILES string of the molecule is O=C(Nc1cc(F)cc(F)c1)C(=O)N1CCC2(CCN(C(=O)c3ccc(Nc4nc(NC5(c6ccc(Cl)cc6)CC5)nc(OCC(F)(F)F)n4)cc3)C2)C1. The summed E-state index contributed by atoms with van der Waals surface area (Å²) in [6, 6.07) is 15.5. The molecule has 1 unspecified atom stereocenters. The molecule has 4 aromatic rings. The Morgan fingerprint density at radius 1 is 0.796 bits per heavy atom. The van der Waals surface area contributed by atoms with Crippen LogP contribution >= 0.6 is 11.6 Å². The Hall–Kier alpha value is -5.58. The first-order valence-electron chi connectivity index (χ1n) is 16.9. The molecular weight excluding hydrogens is 739 g/mol. The highest BCUT2D eigenvalue weighted by molar-refractivity contribution is 6.39. The van der Waals surface area contributed by atoms with Crippen LogP contribution in [0.3, 0.4) is 0 Å². The van der Waals surface area contributed by atoms with E-state index in [0.29, 0.717) is 48.3 Å². The van der Waals surface area contributed by atoms with Crippen molar-refractivity contribution < 1.29 is 41.1 Å². The number of carbonyl (C=O) groups is 3. The number of rotatable bonds is 9. The molecule has 0 radical (unpaired) electrons. The Morgan fingerprint density at radius 3 is 2.07 bits per heavy atom. The standard InChI is InChI=1S/C36H32ClF5N8O4/c37-23-5-3-22(4-6-23)35(9-10-35)48-32-45-31(46-33(47-32)54-20-36(40,41)42)44-26-7-1-21(2-8-26)29(52)49-13-11-34(18-49)12-14-50(19-34)30(53)28(51)43-27-16-24(38)15-25(39)17-27/h1-8,15-17H,9-14,18-20H2,(H,43,51)(H2,44,45,46,47,48). The van der Waals surface area contributed by atoms with Crippen molar-refractivity contribution in [3.05, 3.63) is 94.5 Å². The maximum Gasteiger partial charge on any atom is 0.422 e. The quantitative estimate of drug-likeness (QED) is 0.132. The van der Waals surface area contributed by atoms with Crippen molar-refractivity contribution in [3.63, 3.8) is 0 Å². The molecule has 1 spiro atoms. The van der Waals surface area contributed by atoms with Crippen LogP contribution in [0.4, 0.5) is 45.2 Å². The van der Waals surface area contributed by atoms with Gasteiger partial charge in [0.25, 0.3) is 5.91 Å². The summed E-state index contributed by atoms with van der Waals surface area (Å²) >= 11 is 6.04. The van der Waals surface area contributed by atoms with Crippen LogP contribution in [0.1, 0.15) is 41.6 Å². The van der Waals surface area contributed by atoms with Crippen molar-refractivity contribution in [2.75, 3.05) is 48.7 Å². The molecule has 12 nitrogen and oxygen atoms in total. The first-order valence-corrected chi connectivity index (χ1v) is 17.3. The molecule has 3 aliphatic rings. The largest absolute Gasteiger partial charge is 0.454 e. The summed E-state index contributed by atoms with van der Waals surface area (Å²) in [6.45, 7) is -0.303. The van der Waals surface area contributed by atoms with Gasteiger partial charge in [0.05, 0.1) is 5.54 Å². The highest BCUT2D eigenvalue weighted by Gasteiger charge is 2.47. The van der Waals surface area contributed by atoms with Crippen molar-refractivity contribution >= 4 is 52.6 Å². The number of ether oxygens (including phenoxy) is 1. The van der Waals surface area contributed by atoms with E-state index in [-0.39, 0.29) is 36.6 Å². The fraction of sp³-hybridized carbons (Fsp3) is 0.333. The van der Waals surface area contributed by atoms with Gasteiger partial charge in [0.2, 0.25) is 11.9 Å². The van der Waals surface area contributed by atoms with Gasteiger partial charge < -0.3 is 30.5 Å². The fourth-order valence-electron chi connectivity index (χ4n) is 6.79. The summed E-state index contributed by atoms with van der Waals surface area (Å²) in [5, 5.41) is 8.95. The van der Waals surface area contributed by atoms with Crippen LogP contribution in [0, 0.1) is 17.0 Å². The number of hydrogen-bond donors (Lipinski definition) is 3. The maximum absolute atomic E-state index is 13.5. The number of likely N-dealkylation sites (tertiary alicyclic amines) is 2. The van der Waals surface area contributed by atoms with Crippen LogP contribution in [-0.2, 0) is 15.1 Å². The molecule has 1 saturated carbocycles. The van der Waals surface area contributed by atoms with Crippen LogP contribution in [-0.4, -0.2) is 81.4 Å². The number of amides is 3. The van der Waals surface area contributed by atoms with E-state index < -0.39 is 53.2 Å². The number of nitrogens with zero attached hydrogens (tertiary/aromatic N) is 5. The lowest BCUT2D eigenvalue weighted by Gasteiger charge is -2.24. The van der Waals surface area contributed by atoms with Crippen molar-refractivity contribution in [3.8, 4) is 6.01 Å². The number of hydrogen-bond acceptors (Lipinski definition) is 9. The summed E-state index contributed by atoms with van der Waals surface area (Å²) < 4.78 is 70.8. The maximum atomic E-state index is 13.5. The van der Waals surface area contributed by atoms with Gasteiger partial charge in [0, 0.05) is 59.6 Å². The first kappa shape index (κ1) is 36.8. The molecule has 7 rings (SSSR count). The molecule has 1 aromatic heterocycles. The van der Waals surface area contributed by atoms with E-state index in [9.17, 15) is 36.3 Å². The van der Waals surface area contributed by atoms with Crippen LogP contribution in [0.2, 0.25) is 5.02 Å². The van der Waals surface area contributed by atoms with Gasteiger partial charge in [-0.05, 0) is 79.8 Å². The number of halogens is 6. The van der Waals surface area contributed by atoms with E-state index >= 15 is 0 Å². The second-order valence-electron chi connectivity index (χ2n) is 13.7. The number of aromatic nitrogens is 3. The minimum Gasteiger partial charge on any atom is -0.454 e. The van der Waals surface area contributed by atoms with Gasteiger partial charge in [-0.25, -0.2) is 8.78 Å². The van der Waals surface area contributed by atoms with E-state index in [0.717, 1.165) is 30.5 Å². The number of alkyl halides is 3.